The summed E-state index contributed by atoms with van der Waals surface area (Å²) in [5.41, 5.74) is 2.46. The van der Waals surface area contributed by atoms with E-state index in [0.29, 0.717) is 57.5 Å². The minimum atomic E-state index is -5.09. The molecule has 0 fully saturated rings. The summed E-state index contributed by atoms with van der Waals surface area (Å²) < 4.78 is 165. The number of hydrogen-bond donors (Lipinski definition) is 5. The van der Waals surface area contributed by atoms with Crippen LogP contribution in [0.5, 0.6) is 0 Å². The van der Waals surface area contributed by atoms with E-state index >= 15 is 0 Å². The van der Waals surface area contributed by atoms with Crippen LogP contribution in [0.15, 0.2) is 122 Å². The minimum absolute atomic E-state index is 0.0247. The normalized spacial score (nSPS) is 16.6. The first-order valence-corrected chi connectivity index (χ1v) is 31.4. The Morgan fingerprint density at radius 3 is 2.05 bits per heavy atom. The molecule has 2 aliphatic heterocycles. The van der Waals surface area contributed by atoms with E-state index < -0.39 is 87.0 Å². The zero-order valence-corrected chi connectivity index (χ0v) is 46.1. The maximum Gasteiger partial charge on any atom is 0.295 e. The number of aromatic nitrogens is 3. The summed E-state index contributed by atoms with van der Waals surface area (Å²) in [4.78, 5) is 18.0. The second-order valence-electron chi connectivity index (χ2n) is 19.2. The molecule has 2 aliphatic rings. The Morgan fingerprint density at radius 1 is 0.763 bits per heavy atom. The van der Waals surface area contributed by atoms with Gasteiger partial charge in [-0.25, -0.2) is 13.6 Å². The van der Waals surface area contributed by atoms with Crippen molar-refractivity contribution in [3.05, 3.63) is 130 Å². The largest absolute Gasteiger partial charge is 0.344 e. The Bertz CT molecular complexity index is 4150. The molecule has 6 aromatic rings. The highest BCUT2D eigenvalue weighted by molar-refractivity contribution is 7.91. The van der Waals surface area contributed by atoms with Crippen LogP contribution in [0.25, 0.3) is 27.1 Å². The summed E-state index contributed by atoms with van der Waals surface area (Å²) in [5, 5.41) is 13.9. The number of carbonyl (C=O) groups excluding carboxylic acids is 1. The van der Waals surface area contributed by atoms with Gasteiger partial charge in [0.05, 0.1) is 33.1 Å². The Labute approximate surface area is 443 Å². The van der Waals surface area contributed by atoms with Crippen LogP contribution < -0.4 is 10.0 Å². The highest BCUT2D eigenvalue weighted by atomic mass is 32.3. The number of nitrogens with zero attached hydrogens (tertiary/aromatic N) is 5. The summed E-state index contributed by atoms with van der Waals surface area (Å²) in [6.45, 7) is 10.0. The third kappa shape index (κ3) is 11.2. The maximum atomic E-state index is 13.5. The van der Waals surface area contributed by atoms with Gasteiger partial charge < -0.3 is 4.90 Å². The Morgan fingerprint density at radius 2 is 1.45 bits per heavy atom. The molecule has 21 nitrogen and oxygen atoms in total. The second-order valence-corrected chi connectivity index (χ2v) is 27.8. The summed E-state index contributed by atoms with van der Waals surface area (Å²) in [6.07, 6.45) is 9.54. The highest BCUT2D eigenvalue weighted by Gasteiger charge is 2.46. The van der Waals surface area contributed by atoms with Gasteiger partial charge in [-0.3, -0.25) is 28.0 Å². The quantitative estimate of drug-likeness (QED) is 0.0255. The molecule has 0 bridgehead atoms. The van der Waals surface area contributed by atoms with Crippen molar-refractivity contribution >= 4 is 112 Å². The lowest BCUT2D eigenvalue weighted by atomic mass is 9.79. The van der Waals surface area contributed by atoms with Gasteiger partial charge in [0.25, 0.3) is 50.5 Å². The van der Waals surface area contributed by atoms with Gasteiger partial charge in [0.15, 0.2) is 11.5 Å². The van der Waals surface area contributed by atoms with Gasteiger partial charge in [0.1, 0.15) is 16.4 Å². The molecule has 0 spiro atoms. The number of rotatable bonds is 18. The zero-order valence-electron chi connectivity index (χ0n) is 41.2. The van der Waals surface area contributed by atoms with E-state index in [0.717, 1.165) is 41.3 Å². The number of benzene rings is 4. The van der Waals surface area contributed by atoms with E-state index in [1.807, 2.05) is 39.0 Å². The van der Waals surface area contributed by atoms with Crippen molar-refractivity contribution < 1.29 is 69.7 Å². The van der Waals surface area contributed by atoms with Crippen molar-refractivity contribution in [2.75, 3.05) is 23.7 Å². The van der Waals surface area contributed by atoms with E-state index in [1.165, 1.54) is 36.5 Å². The first-order valence-electron chi connectivity index (χ1n) is 23.2. The van der Waals surface area contributed by atoms with Crippen molar-refractivity contribution in [2.24, 2.45) is 5.14 Å². The zero-order chi connectivity index (χ0) is 55.7. The number of carbonyl (C=O) groups is 1. The number of anilines is 1. The van der Waals surface area contributed by atoms with Crippen LogP contribution in [0.2, 0.25) is 0 Å². The smallest absolute Gasteiger partial charge is 0.295 e. The fraction of sp³-hybridized carbons (Fsp3) is 0.286. The molecule has 8 rings (SSSR count). The van der Waals surface area contributed by atoms with E-state index in [-0.39, 0.29) is 45.6 Å². The van der Waals surface area contributed by atoms with E-state index in [1.54, 1.807) is 49.1 Å². The third-order valence-electron chi connectivity index (χ3n) is 13.3. The number of ketones is 1. The Balaban J connectivity index is 1.32. The van der Waals surface area contributed by atoms with Gasteiger partial charge in [0.2, 0.25) is 10.0 Å². The van der Waals surface area contributed by atoms with Crippen LogP contribution >= 0.6 is 11.3 Å². The monoisotopic (exact) mass is 1160 g/mol. The average Bonchev–Trinajstić information content (AvgIpc) is 3.99. The molecule has 402 valence electrons. The van der Waals surface area contributed by atoms with Crippen LogP contribution in [0, 0.1) is 0 Å². The van der Waals surface area contributed by atoms with Crippen LogP contribution in [-0.4, -0.2) is 110 Å². The molecule has 0 radical (unpaired) electrons. The van der Waals surface area contributed by atoms with Crippen molar-refractivity contribution in [3.8, 4) is 0 Å². The summed E-state index contributed by atoms with van der Waals surface area (Å²) in [7, 11) is -23.3. The molecule has 76 heavy (non-hydrogen) atoms. The summed E-state index contributed by atoms with van der Waals surface area (Å²) >= 11 is 0.648. The van der Waals surface area contributed by atoms with Gasteiger partial charge in [-0.15, -0.1) is 10.2 Å². The number of sulfonamides is 1. The van der Waals surface area contributed by atoms with Gasteiger partial charge >= 0.3 is 0 Å². The molecule has 6 N–H and O–H groups in total. The van der Waals surface area contributed by atoms with Crippen LogP contribution in [0.1, 0.15) is 86.1 Å². The molecule has 4 heterocycles. The number of primary sulfonamides is 1. The molecular formula is C49H51N6O15S6+. The molecule has 0 amide bonds. The van der Waals surface area contributed by atoms with Crippen LogP contribution in [-0.2, 0) is 67.7 Å². The van der Waals surface area contributed by atoms with E-state index in [2.05, 4.69) is 19.8 Å². The van der Waals surface area contributed by atoms with Gasteiger partial charge in [0, 0.05) is 70.2 Å². The number of hydrogen-bond acceptors (Lipinski definition) is 16. The number of fused-ring (bicyclic) bond motifs is 6. The molecule has 0 atom stereocenters. The maximum absolute atomic E-state index is 13.5. The first kappa shape index (κ1) is 56.2. The molecule has 0 saturated carbocycles. The molecule has 2 aromatic heterocycles. The van der Waals surface area contributed by atoms with Crippen molar-refractivity contribution in [1.82, 2.24) is 15.2 Å². The van der Waals surface area contributed by atoms with E-state index in [4.69, 9.17) is 5.14 Å². The number of pyridine rings is 1. The third-order valence-corrected chi connectivity index (χ3v) is 18.9. The lowest BCUT2D eigenvalue weighted by Gasteiger charge is -2.27. The van der Waals surface area contributed by atoms with Crippen molar-refractivity contribution in [3.63, 3.8) is 0 Å². The molecule has 0 unspecified atom stereocenters. The lowest BCUT2D eigenvalue weighted by molar-refractivity contribution is -0.438. The predicted octanol–water partition coefficient (Wildman–Crippen LogP) is 6.83. The van der Waals surface area contributed by atoms with Gasteiger partial charge in [-0.05, 0) is 103 Å². The topological polar surface area (TPSA) is 340 Å². The predicted molar refractivity (Wildman–Crippen MR) is 285 cm³/mol. The molecule has 0 saturated heterocycles. The van der Waals surface area contributed by atoms with Crippen molar-refractivity contribution in [1.29, 1.82) is 0 Å². The standard InChI is InChI=1S/C49H50N6O15S6/c1-6-7-21-54-38-17-11-29-9-14-32(74(62,63)64)24-35(29)45(38)48(2,3)42(54)19-12-30(37-16-10-31(28-51-37)40(56)27-44-52-53-47(71-44)73(50,60)61)13-20-43-49(4,5)46-36-25-33(75(65,66)67)26-41(76(68,69)70)34(36)15-18-39(46)55(43)22-8-23-72(57,58)59/h9-20,24-26,28H,6-8,21-23,27H2,1-5H3,(H5-,50,57,58,59,60,61,62,63,64,65,66,67,68,69,70)/p+1. The lowest BCUT2D eigenvalue weighted by Crippen LogP contribution is -2.28. The van der Waals surface area contributed by atoms with Gasteiger partial charge in [-0.2, -0.15) is 38.2 Å². The number of nitrogens with two attached hydrogens (primary N) is 1. The van der Waals surface area contributed by atoms with Gasteiger partial charge in [-0.1, -0.05) is 56.7 Å². The molecular weight excluding hydrogens is 1100 g/mol. The number of allylic oxidation sites excluding steroid dienone is 6. The minimum Gasteiger partial charge on any atom is -0.344 e. The second kappa shape index (κ2) is 20.1. The number of unbranched alkanes of at least 4 members (excludes halogenated alkanes) is 1. The molecule has 27 heteroatoms. The van der Waals surface area contributed by atoms with Crippen molar-refractivity contribution in [2.45, 2.75) is 90.2 Å². The number of Topliss-reactive ketones (excluding diaryl/α,β-unsaturated/α-hetero) is 1. The average molecular weight is 1160 g/mol. The summed E-state index contributed by atoms with van der Waals surface area (Å²) in [5.74, 6) is -1.12. The summed E-state index contributed by atoms with van der Waals surface area (Å²) in [6, 6.07) is 15.9. The highest BCUT2D eigenvalue weighted by Crippen LogP contribution is 2.52. The Kier molecular flexibility index (Phi) is 14.9. The van der Waals surface area contributed by atoms with Crippen LogP contribution in [0.3, 0.4) is 0 Å². The molecule has 4 aromatic carbocycles. The van der Waals surface area contributed by atoms with Crippen LogP contribution in [0.4, 0.5) is 11.4 Å². The fourth-order valence-corrected chi connectivity index (χ4v) is 13.7. The first-order chi connectivity index (χ1) is 35.2. The van der Waals surface area contributed by atoms with E-state index in [9.17, 15) is 65.1 Å². The molecule has 0 aliphatic carbocycles. The Hall–Kier alpha value is -5.98. The fourth-order valence-electron chi connectivity index (χ4n) is 9.88. The SMILES string of the molecule is CCCC[N+]1=C(/C=C/C(=C/C=C2/N(CCCS(=O)(=O)O)c3ccc4c(S(=O)(=O)O)cc(S(=O)(=O)O)cc4c3C2(C)C)c2ccc(C(=O)Cc3nnc(S(N)(=O)=O)s3)cn2)C(C)(C)c2c1ccc1ccc(S(=O)(=O)O)cc21.